The van der Waals surface area contributed by atoms with Crippen molar-refractivity contribution in [1.29, 1.82) is 0 Å². The molecule has 0 amide bonds. The van der Waals surface area contributed by atoms with E-state index in [1.807, 2.05) is 41.9 Å². The third-order valence-corrected chi connectivity index (χ3v) is 6.18. The van der Waals surface area contributed by atoms with Gasteiger partial charge in [0.1, 0.15) is 11.3 Å². The minimum absolute atomic E-state index is 0.120. The van der Waals surface area contributed by atoms with Crippen molar-refractivity contribution in [3.63, 3.8) is 0 Å². The van der Waals surface area contributed by atoms with E-state index in [2.05, 4.69) is 38.5 Å². The normalized spacial score (nSPS) is 11.7. The van der Waals surface area contributed by atoms with Gasteiger partial charge in [0.2, 0.25) is 0 Å². The number of anilines is 1. The highest BCUT2D eigenvalue weighted by molar-refractivity contribution is 6.07. The quantitative estimate of drug-likeness (QED) is 0.441. The second kappa shape index (κ2) is 7.30. The lowest BCUT2D eigenvalue weighted by Crippen LogP contribution is -2.24. The fourth-order valence-corrected chi connectivity index (χ4v) is 4.56. The number of aromatic amines is 1. The number of H-pyrrole nitrogens is 1. The molecule has 0 spiro atoms. The van der Waals surface area contributed by atoms with E-state index < -0.39 is 0 Å². The molecule has 0 atom stereocenters. The van der Waals surface area contributed by atoms with Crippen LogP contribution < -0.4 is 11.3 Å². The van der Waals surface area contributed by atoms with Crippen LogP contribution in [0.4, 0.5) is 5.82 Å². The monoisotopic (exact) mass is 435 g/mol. The molecule has 0 aliphatic rings. The van der Waals surface area contributed by atoms with Gasteiger partial charge in [-0.2, -0.15) is 10.2 Å². The Balaban J connectivity index is 1.44. The molecule has 6 rings (SSSR count). The molecule has 0 aliphatic carbocycles. The Kier molecular flexibility index (Phi) is 4.26. The van der Waals surface area contributed by atoms with E-state index in [4.69, 9.17) is 5.73 Å². The Labute approximate surface area is 188 Å². The molecule has 0 radical (unpaired) electrons. The van der Waals surface area contributed by atoms with Crippen LogP contribution in [0, 0.1) is 0 Å². The van der Waals surface area contributed by atoms with Crippen LogP contribution in [0.1, 0.15) is 16.8 Å². The lowest BCUT2D eigenvalue weighted by Gasteiger charge is -2.07. The molecule has 8 heteroatoms. The van der Waals surface area contributed by atoms with Gasteiger partial charge in [0.25, 0.3) is 5.56 Å². The van der Waals surface area contributed by atoms with Gasteiger partial charge >= 0.3 is 0 Å². The summed E-state index contributed by atoms with van der Waals surface area (Å²) in [5.41, 5.74) is 11.3. The molecule has 0 aliphatic heterocycles. The second-order valence-electron chi connectivity index (χ2n) is 8.26. The number of nitrogen functional groups attached to an aromatic ring is 1. The van der Waals surface area contributed by atoms with Crippen molar-refractivity contribution in [3.05, 3.63) is 94.2 Å². The van der Waals surface area contributed by atoms with Crippen LogP contribution in [0.3, 0.4) is 0 Å². The van der Waals surface area contributed by atoms with Gasteiger partial charge in [0, 0.05) is 40.8 Å². The maximum absolute atomic E-state index is 13.4. The van der Waals surface area contributed by atoms with Crippen LogP contribution in [0.25, 0.3) is 32.7 Å². The molecule has 0 saturated heterocycles. The average Bonchev–Trinajstić information content (AvgIpc) is 3.40. The van der Waals surface area contributed by atoms with Crippen molar-refractivity contribution in [1.82, 2.24) is 29.5 Å². The zero-order chi connectivity index (χ0) is 22.5. The Hall–Kier alpha value is -4.46. The van der Waals surface area contributed by atoms with E-state index >= 15 is 0 Å². The summed E-state index contributed by atoms with van der Waals surface area (Å²) in [5, 5.41) is 14.4. The molecule has 0 unspecified atom stereocenters. The van der Waals surface area contributed by atoms with Crippen LogP contribution in [0.2, 0.25) is 0 Å². The topological polar surface area (TPSA) is 107 Å². The number of hydrogen-bond donors (Lipinski definition) is 2. The zero-order valence-corrected chi connectivity index (χ0v) is 18.0. The number of aromatic nitrogens is 6. The number of nitrogens with zero attached hydrogens (tertiary/aromatic N) is 5. The molecule has 33 heavy (non-hydrogen) atoms. The average molecular weight is 435 g/mol. The molecule has 8 nitrogen and oxygen atoms in total. The molecule has 3 N–H and O–H groups in total. The SMILES string of the molecule is Cn1c2cc(Cc3cccc(N)n3)ccc2c2cnn(Cc3cccc4[nH]ncc34)c(=O)c21. The fraction of sp³-hybridized carbons (Fsp3) is 0.120. The predicted molar refractivity (Wildman–Crippen MR) is 129 cm³/mol. The van der Waals surface area contributed by atoms with Gasteiger partial charge in [-0.05, 0) is 35.4 Å². The molecule has 4 heterocycles. The van der Waals surface area contributed by atoms with Crippen molar-refractivity contribution in [3.8, 4) is 0 Å². The highest BCUT2D eigenvalue weighted by Crippen LogP contribution is 2.27. The van der Waals surface area contributed by atoms with Gasteiger partial charge < -0.3 is 10.3 Å². The van der Waals surface area contributed by atoms with Crippen LogP contribution in [0.15, 0.2) is 71.8 Å². The number of aryl methyl sites for hydroxylation is 1. The summed E-state index contributed by atoms with van der Waals surface area (Å²) in [6.07, 6.45) is 4.23. The largest absolute Gasteiger partial charge is 0.384 e. The van der Waals surface area contributed by atoms with E-state index in [1.54, 1.807) is 18.5 Å². The Morgan fingerprint density at radius 1 is 1.00 bits per heavy atom. The number of nitrogens with two attached hydrogens (primary N) is 1. The molecule has 0 bridgehead atoms. The first-order chi connectivity index (χ1) is 16.1. The smallest absolute Gasteiger partial charge is 0.291 e. The first kappa shape index (κ1) is 19.2. The molecular weight excluding hydrogens is 414 g/mol. The summed E-state index contributed by atoms with van der Waals surface area (Å²) in [6, 6.07) is 17.8. The Morgan fingerprint density at radius 3 is 2.76 bits per heavy atom. The minimum atomic E-state index is -0.120. The number of rotatable bonds is 4. The number of hydrogen-bond acceptors (Lipinski definition) is 5. The van der Waals surface area contributed by atoms with E-state index in [1.165, 1.54) is 4.68 Å². The number of pyridine rings is 1. The van der Waals surface area contributed by atoms with E-state index in [9.17, 15) is 4.79 Å². The number of benzene rings is 2. The summed E-state index contributed by atoms with van der Waals surface area (Å²) in [4.78, 5) is 17.8. The second-order valence-corrected chi connectivity index (χ2v) is 8.26. The van der Waals surface area contributed by atoms with Gasteiger partial charge in [-0.15, -0.1) is 0 Å². The fourth-order valence-electron chi connectivity index (χ4n) is 4.56. The summed E-state index contributed by atoms with van der Waals surface area (Å²) in [5.74, 6) is 0.510. The van der Waals surface area contributed by atoms with Crippen molar-refractivity contribution in [2.75, 3.05) is 5.73 Å². The van der Waals surface area contributed by atoms with Gasteiger partial charge in [-0.25, -0.2) is 9.67 Å². The standard InChI is InChI=1S/C25H21N7O/c1-31-22-11-15(10-17-5-3-7-23(26)29-17)8-9-18(22)20-13-28-32(25(33)24(20)31)14-16-4-2-6-21-19(16)12-27-30-21/h2-9,11-13H,10,14H2,1H3,(H2,26,29)(H,27,30). The van der Waals surface area contributed by atoms with Crippen molar-refractivity contribution in [2.24, 2.45) is 7.05 Å². The third-order valence-electron chi connectivity index (χ3n) is 6.18. The van der Waals surface area contributed by atoms with Gasteiger partial charge in [-0.1, -0.05) is 30.3 Å². The molecule has 0 saturated carbocycles. The van der Waals surface area contributed by atoms with Crippen LogP contribution in [-0.2, 0) is 20.0 Å². The molecule has 0 fully saturated rings. The maximum atomic E-state index is 13.4. The number of fused-ring (bicyclic) bond motifs is 4. The van der Waals surface area contributed by atoms with Crippen molar-refractivity contribution >= 4 is 38.5 Å². The first-order valence-electron chi connectivity index (χ1n) is 10.7. The van der Waals surface area contributed by atoms with Crippen molar-refractivity contribution in [2.45, 2.75) is 13.0 Å². The van der Waals surface area contributed by atoms with Crippen molar-refractivity contribution < 1.29 is 0 Å². The zero-order valence-electron chi connectivity index (χ0n) is 18.0. The van der Waals surface area contributed by atoms with Crippen LogP contribution in [-0.4, -0.2) is 29.5 Å². The lowest BCUT2D eigenvalue weighted by atomic mass is 10.1. The lowest BCUT2D eigenvalue weighted by molar-refractivity contribution is 0.647. The summed E-state index contributed by atoms with van der Waals surface area (Å²) in [6.45, 7) is 0.375. The van der Waals surface area contributed by atoms with Crippen LogP contribution in [0.5, 0.6) is 0 Å². The summed E-state index contributed by atoms with van der Waals surface area (Å²) in [7, 11) is 1.93. The van der Waals surface area contributed by atoms with Crippen LogP contribution >= 0.6 is 0 Å². The molecule has 162 valence electrons. The van der Waals surface area contributed by atoms with Gasteiger partial charge in [-0.3, -0.25) is 9.89 Å². The molecule has 2 aromatic carbocycles. The molecule has 4 aromatic heterocycles. The van der Waals surface area contributed by atoms with Gasteiger partial charge in [0.15, 0.2) is 0 Å². The highest BCUT2D eigenvalue weighted by atomic mass is 16.1. The minimum Gasteiger partial charge on any atom is -0.384 e. The first-order valence-corrected chi connectivity index (χ1v) is 10.7. The Bertz CT molecular complexity index is 1720. The van der Waals surface area contributed by atoms with E-state index in [0.29, 0.717) is 24.3 Å². The number of nitrogens with one attached hydrogen (secondary N) is 1. The predicted octanol–water partition coefficient (Wildman–Crippen LogP) is 3.38. The van der Waals surface area contributed by atoms with Gasteiger partial charge in [0.05, 0.1) is 24.5 Å². The summed E-state index contributed by atoms with van der Waals surface area (Å²) >= 11 is 0. The maximum Gasteiger partial charge on any atom is 0.291 e. The summed E-state index contributed by atoms with van der Waals surface area (Å²) < 4.78 is 3.47. The highest BCUT2D eigenvalue weighted by Gasteiger charge is 2.15. The molecule has 6 aromatic rings. The third kappa shape index (κ3) is 3.15. The van der Waals surface area contributed by atoms with E-state index in [0.717, 1.165) is 44.0 Å². The molecular formula is C25H21N7O. The van der Waals surface area contributed by atoms with E-state index in [-0.39, 0.29) is 5.56 Å². The Morgan fingerprint density at radius 2 is 1.88 bits per heavy atom.